The molecule has 2 aliphatic carbocycles. The third-order valence-electron chi connectivity index (χ3n) is 7.85. The fraction of sp³-hybridized carbons (Fsp3) is 0.433. The maximum atomic E-state index is 15.2. The number of nitrogens with one attached hydrogen (secondary N) is 1. The topological polar surface area (TPSA) is 164 Å². The first kappa shape index (κ1) is 30.0. The van der Waals surface area contributed by atoms with Crippen molar-refractivity contribution in [2.75, 3.05) is 13.7 Å². The van der Waals surface area contributed by atoms with Gasteiger partial charge < -0.3 is 14.8 Å². The number of fused-ring (bicyclic) bond motifs is 1. The van der Waals surface area contributed by atoms with E-state index in [9.17, 15) is 9.59 Å². The second-order valence-corrected chi connectivity index (χ2v) is 11.7. The van der Waals surface area contributed by atoms with Gasteiger partial charge in [-0.05, 0) is 79.7 Å². The number of amidine groups is 1. The van der Waals surface area contributed by atoms with Crippen molar-refractivity contribution < 1.29 is 23.5 Å². The van der Waals surface area contributed by atoms with E-state index >= 15 is 4.39 Å². The number of aromatic nitrogens is 7. The van der Waals surface area contributed by atoms with Crippen LogP contribution in [-0.4, -0.2) is 78.4 Å². The SMILES string of the molecule is CCOC(=O)C(C)(C)CC1=CC(C2CC2)=CC2N=C(Cn3cc(C(=O)NCc4c(-n5cnnn5)ccc(OC)c4F)nn3)N=C12. The summed E-state index contributed by atoms with van der Waals surface area (Å²) in [6, 6.07) is 2.81. The number of hydrogen-bond acceptors (Lipinski definition) is 11. The van der Waals surface area contributed by atoms with Crippen molar-refractivity contribution in [3.63, 3.8) is 0 Å². The smallest absolute Gasteiger partial charge is 0.311 e. The Hall–Kier alpha value is -5.08. The molecule has 1 N–H and O–H groups in total. The van der Waals surface area contributed by atoms with Crippen LogP contribution in [0.1, 0.15) is 56.1 Å². The van der Waals surface area contributed by atoms with Gasteiger partial charge in [-0.15, -0.1) is 10.2 Å². The Kier molecular flexibility index (Phi) is 8.08. The molecule has 0 radical (unpaired) electrons. The summed E-state index contributed by atoms with van der Waals surface area (Å²) in [4.78, 5) is 35.3. The van der Waals surface area contributed by atoms with Crippen LogP contribution < -0.4 is 10.1 Å². The molecule has 0 saturated heterocycles. The predicted molar refractivity (Wildman–Crippen MR) is 159 cm³/mol. The van der Waals surface area contributed by atoms with E-state index in [1.165, 1.54) is 40.6 Å². The number of hydrogen-bond donors (Lipinski definition) is 1. The van der Waals surface area contributed by atoms with Gasteiger partial charge in [-0.25, -0.2) is 18.7 Å². The molecule has 3 aliphatic rings. The second kappa shape index (κ2) is 12.1. The Bertz CT molecular complexity index is 1750. The van der Waals surface area contributed by atoms with Gasteiger partial charge in [0, 0.05) is 12.1 Å². The van der Waals surface area contributed by atoms with Gasteiger partial charge in [0.15, 0.2) is 17.3 Å². The normalized spacial score (nSPS) is 17.6. The van der Waals surface area contributed by atoms with Crippen LogP contribution in [0.4, 0.5) is 4.39 Å². The molecule has 0 spiro atoms. The molecular weight excluding hydrogens is 583 g/mol. The third kappa shape index (κ3) is 6.28. The number of nitrogens with zero attached hydrogens (tertiary/aromatic N) is 9. The highest BCUT2D eigenvalue weighted by molar-refractivity contribution is 6.16. The molecule has 1 aromatic carbocycles. The lowest BCUT2D eigenvalue weighted by atomic mass is 9.80. The first-order valence-electron chi connectivity index (χ1n) is 14.7. The van der Waals surface area contributed by atoms with Gasteiger partial charge in [0.1, 0.15) is 24.7 Å². The van der Waals surface area contributed by atoms with E-state index in [1.54, 1.807) is 13.0 Å². The van der Waals surface area contributed by atoms with Gasteiger partial charge in [-0.1, -0.05) is 17.4 Å². The number of carbonyl (C=O) groups excluding carboxylic acids is 2. The molecule has 1 aliphatic heterocycles. The number of esters is 1. The largest absolute Gasteiger partial charge is 0.494 e. The van der Waals surface area contributed by atoms with Crippen molar-refractivity contribution >= 4 is 23.4 Å². The molecule has 3 aromatic rings. The summed E-state index contributed by atoms with van der Waals surface area (Å²) in [7, 11) is 1.35. The zero-order valence-corrected chi connectivity index (χ0v) is 25.4. The van der Waals surface area contributed by atoms with Crippen molar-refractivity contribution in [1.29, 1.82) is 0 Å². The number of benzene rings is 1. The quantitative estimate of drug-likeness (QED) is 0.301. The Morgan fingerprint density at radius 3 is 2.73 bits per heavy atom. The van der Waals surface area contributed by atoms with Crippen LogP contribution in [0, 0.1) is 17.2 Å². The van der Waals surface area contributed by atoms with E-state index in [1.807, 2.05) is 13.8 Å². The summed E-state index contributed by atoms with van der Waals surface area (Å²) in [5, 5.41) is 21.8. The van der Waals surface area contributed by atoms with Crippen LogP contribution in [-0.2, 0) is 22.6 Å². The molecule has 234 valence electrons. The van der Waals surface area contributed by atoms with Crippen molar-refractivity contribution in [2.45, 2.75) is 59.2 Å². The van der Waals surface area contributed by atoms with E-state index in [4.69, 9.17) is 19.5 Å². The summed E-state index contributed by atoms with van der Waals surface area (Å²) in [6.45, 7) is 5.89. The van der Waals surface area contributed by atoms with Crippen molar-refractivity contribution in [3.05, 3.63) is 65.0 Å². The van der Waals surface area contributed by atoms with Crippen molar-refractivity contribution in [1.82, 2.24) is 40.5 Å². The minimum Gasteiger partial charge on any atom is -0.494 e. The van der Waals surface area contributed by atoms with Crippen molar-refractivity contribution in [3.8, 4) is 11.4 Å². The number of aliphatic imine (C=N–C) groups is 2. The molecule has 15 heteroatoms. The Morgan fingerprint density at radius 1 is 1.20 bits per heavy atom. The van der Waals surface area contributed by atoms with E-state index in [0.717, 1.165) is 24.1 Å². The lowest BCUT2D eigenvalue weighted by Gasteiger charge is -2.26. The number of allylic oxidation sites excluding steroid dienone is 2. The van der Waals surface area contributed by atoms with Crippen LogP contribution in [0.3, 0.4) is 0 Å². The first-order valence-corrected chi connectivity index (χ1v) is 14.7. The number of tetrazole rings is 1. The molecule has 1 saturated carbocycles. The summed E-state index contributed by atoms with van der Waals surface area (Å²) in [6.07, 6.45) is 9.86. The highest BCUT2D eigenvalue weighted by atomic mass is 19.1. The highest BCUT2D eigenvalue weighted by Gasteiger charge is 2.38. The van der Waals surface area contributed by atoms with Crippen LogP contribution in [0.2, 0.25) is 0 Å². The molecule has 1 fully saturated rings. The standard InChI is InChI=1S/C30H33FN10O4/c1-5-45-29(43)30(2,3)12-19-10-18(17-6-7-17)11-21-27(19)35-25(34-21)15-40-14-22(36-38-40)28(42)32-13-20-23(41-16-33-37-39-41)8-9-24(44-4)26(20)31/h8-11,14,16-17,21H,5-7,12-13,15H2,1-4H3,(H,32,42). The number of methoxy groups -OCH3 is 1. The van der Waals surface area contributed by atoms with Gasteiger partial charge in [-0.3, -0.25) is 14.6 Å². The van der Waals surface area contributed by atoms with Gasteiger partial charge in [-0.2, -0.15) is 0 Å². The third-order valence-corrected chi connectivity index (χ3v) is 7.85. The fourth-order valence-electron chi connectivity index (χ4n) is 5.39. The molecule has 3 heterocycles. The molecule has 2 aromatic heterocycles. The average Bonchev–Trinajstić information content (AvgIpc) is 3.35. The fourth-order valence-corrected chi connectivity index (χ4v) is 5.39. The Balaban J connectivity index is 1.15. The van der Waals surface area contributed by atoms with E-state index in [0.29, 0.717) is 30.5 Å². The van der Waals surface area contributed by atoms with E-state index < -0.39 is 17.1 Å². The van der Waals surface area contributed by atoms with Gasteiger partial charge in [0.2, 0.25) is 0 Å². The summed E-state index contributed by atoms with van der Waals surface area (Å²) < 4.78 is 28.3. The average molecular weight is 617 g/mol. The van der Waals surface area contributed by atoms with Crippen LogP contribution in [0.15, 0.2) is 57.9 Å². The summed E-state index contributed by atoms with van der Waals surface area (Å²) in [5.74, 6) is -0.390. The number of amides is 1. The zero-order valence-electron chi connectivity index (χ0n) is 25.4. The summed E-state index contributed by atoms with van der Waals surface area (Å²) >= 11 is 0. The molecule has 6 rings (SSSR count). The van der Waals surface area contributed by atoms with Crippen LogP contribution in [0.25, 0.3) is 5.69 Å². The maximum Gasteiger partial charge on any atom is 0.311 e. The Morgan fingerprint density at radius 2 is 2.02 bits per heavy atom. The minimum atomic E-state index is -0.724. The summed E-state index contributed by atoms with van der Waals surface area (Å²) in [5.41, 5.74) is 2.81. The van der Waals surface area contributed by atoms with Gasteiger partial charge in [0.25, 0.3) is 5.91 Å². The first-order chi connectivity index (χ1) is 21.7. The van der Waals surface area contributed by atoms with Crippen LogP contribution >= 0.6 is 0 Å². The van der Waals surface area contributed by atoms with Gasteiger partial charge >= 0.3 is 5.97 Å². The molecule has 14 nitrogen and oxygen atoms in total. The predicted octanol–water partition coefficient (Wildman–Crippen LogP) is 2.81. The van der Waals surface area contributed by atoms with E-state index in [2.05, 4.69) is 43.3 Å². The second-order valence-electron chi connectivity index (χ2n) is 11.7. The zero-order chi connectivity index (χ0) is 31.7. The number of carbonyl (C=O) groups is 2. The lowest BCUT2D eigenvalue weighted by molar-refractivity contribution is -0.153. The molecule has 1 atom stereocenters. The molecular formula is C30H33FN10O4. The maximum absolute atomic E-state index is 15.2. The van der Waals surface area contributed by atoms with Gasteiger partial charge in [0.05, 0.1) is 36.7 Å². The van der Waals surface area contributed by atoms with Crippen LogP contribution in [0.5, 0.6) is 5.75 Å². The lowest BCUT2D eigenvalue weighted by Crippen LogP contribution is -2.31. The monoisotopic (exact) mass is 616 g/mol. The molecule has 0 bridgehead atoms. The molecule has 1 amide bonds. The minimum absolute atomic E-state index is 0.0168. The number of halogens is 1. The molecule has 45 heavy (non-hydrogen) atoms. The number of rotatable bonds is 12. The van der Waals surface area contributed by atoms with Crippen molar-refractivity contribution in [2.24, 2.45) is 21.3 Å². The number of ether oxygens (including phenoxy) is 2. The molecule has 1 unspecified atom stereocenters. The Labute approximate surface area is 258 Å². The highest BCUT2D eigenvalue weighted by Crippen LogP contribution is 2.42. The van der Waals surface area contributed by atoms with E-state index in [-0.39, 0.29) is 42.1 Å².